The van der Waals surface area contributed by atoms with Gasteiger partial charge in [0.05, 0.1) is 10.6 Å². The highest BCUT2D eigenvalue weighted by Gasteiger charge is 2.50. The van der Waals surface area contributed by atoms with Crippen LogP contribution in [0.1, 0.15) is 48.0 Å². The first-order valence-corrected chi connectivity index (χ1v) is 14.6. The number of carbonyl (C=O) groups excluding carboxylic acids is 2. The van der Waals surface area contributed by atoms with Gasteiger partial charge >= 0.3 is 0 Å². The highest BCUT2D eigenvalue weighted by molar-refractivity contribution is 6.35. The van der Waals surface area contributed by atoms with Crippen LogP contribution in [-0.4, -0.2) is 73.4 Å². The van der Waals surface area contributed by atoms with E-state index in [-0.39, 0.29) is 21.5 Å². The number of piperidine rings is 2. The van der Waals surface area contributed by atoms with Crippen molar-refractivity contribution >= 4 is 52.3 Å². The molecule has 0 spiro atoms. The minimum atomic E-state index is -3.34. The molecule has 6 nitrogen and oxygen atoms in total. The van der Waals surface area contributed by atoms with E-state index >= 15 is 0 Å². The fourth-order valence-corrected chi connectivity index (χ4v) is 6.52. The van der Waals surface area contributed by atoms with Crippen LogP contribution in [0.5, 0.6) is 0 Å². The Morgan fingerprint density at radius 2 is 1.50 bits per heavy atom. The van der Waals surface area contributed by atoms with Gasteiger partial charge in [0, 0.05) is 61.6 Å². The van der Waals surface area contributed by atoms with Gasteiger partial charge in [0.1, 0.15) is 0 Å². The Morgan fingerprint density at radius 1 is 0.950 bits per heavy atom. The molecule has 2 aliphatic heterocycles. The van der Waals surface area contributed by atoms with Crippen molar-refractivity contribution in [1.82, 2.24) is 9.80 Å². The van der Waals surface area contributed by atoms with E-state index in [1.54, 1.807) is 20.2 Å². The van der Waals surface area contributed by atoms with E-state index in [0.29, 0.717) is 48.4 Å². The van der Waals surface area contributed by atoms with Crippen LogP contribution in [0.25, 0.3) is 0 Å². The Kier molecular flexibility index (Phi) is 9.87. The lowest BCUT2D eigenvalue weighted by Crippen LogP contribution is -2.53. The summed E-state index contributed by atoms with van der Waals surface area (Å²) in [6.45, 7) is 2.37. The third-order valence-corrected chi connectivity index (χ3v) is 8.83. The van der Waals surface area contributed by atoms with Crippen LogP contribution in [0.15, 0.2) is 36.4 Å². The summed E-state index contributed by atoms with van der Waals surface area (Å²) >= 11 is 18.3. The number of aliphatic hydroxyl groups is 1. The summed E-state index contributed by atoms with van der Waals surface area (Å²) in [4.78, 5) is 30.5. The molecule has 2 aromatic carbocycles. The predicted octanol–water partition coefficient (Wildman–Crippen LogP) is 6.35. The Labute approximate surface area is 248 Å². The third kappa shape index (κ3) is 6.67. The minimum Gasteiger partial charge on any atom is -0.371 e. The topological polar surface area (TPSA) is 64.1 Å². The number of hydrogen-bond donors (Lipinski definition) is 1. The zero-order chi connectivity index (χ0) is 29.2. The number of rotatable bonds is 7. The number of carbonyl (C=O) groups is 2. The maximum absolute atomic E-state index is 14.1. The molecule has 4 rings (SSSR count). The average Bonchev–Trinajstić information content (AvgIpc) is 2.92. The van der Waals surface area contributed by atoms with Crippen LogP contribution >= 0.6 is 34.8 Å². The molecule has 1 atom stereocenters. The Hall–Kier alpha value is -2.13. The number of anilines is 1. The molecule has 11 heteroatoms. The fraction of sp³-hybridized carbons (Fsp3) is 0.517. The van der Waals surface area contributed by atoms with Crippen molar-refractivity contribution < 1.29 is 23.5 Å². The normalized spacial score (nSPS) is 18.6. The van der Waals surface area contributed by atoms with Gasteiger partial charge in [0.2, 0.25) is 5.60 Å². The molecule has 40 heavy (non-hydrogen) atoms. The maximum Gasteiger partial charge on any atom is 0.280 e. The summed E-state index contributed by atoms with van der Waals surface area (Å²) in [5.41, 5.74) is -1.83. The van der Waals surface area contributed by atoms with E-state index in [4.69, 9.17) is 34.8 Å². The molecule has 0 aliphatic carbocycles. The Morgan fingerprint density at radius 3 is 2.00 bits per heavy atom. The Balaban J connectivity index is 1.30. The van der Waals surface area contributed by atoms with Gasteiger partial charge < -0.3 is 19.8 Å². The van der Waals surface area contributed by atoms with Gasteiger partial charge in [-0.1, -0.05) is 34.8 Å². The maximum atomic E-state index is 14.1. The average molecular weight is 617 g/mol. The van der Waals surface area contributed by atoms with Gasteiger partial charge in [0.15, 0.2) is 0 Å². The van der Waals surface area contributed by atoms with E-state index in [0.717, 1.165) is 50.2 Å². The van der Waals surface area contributed by atoms with Crippen molar-refractivity contribution in [2.75, 3.05) is 45.2 Å². The predicted molar refractivity (Wildman–Crippen MR) is 155 cm³/mol. The second kappa shape index (κ2) is 12.8. The first-order chi connectivity index (χ1) is 18.9. The molecule has 2 aromatic rings. The molecule has 0 aromatic heterocycles. The van der Waals surface area contributed by atoms with Crippen molar-refractivity contribution in [3.8, 4) is 0 Å². The second-order valence-corrected chi connectivity index (χ2v) is 12.3. The van der Waals surface area contributed by atoms with Gasteiger partial charge in [0.25, 0.3) is 18.2 Å². The van der Waals surface area contributed by atoms with Crippen molar-refractivity contribution in [2.24, 2.45) is 11.8 Å². The minimum absolute atomic E-state index is 0.0682. The van der Waals surface area contributed by atoms with Crippen molar-refractivity contribution in [2.45, 2.75) is 44.1 Å². The van der Waals surface area contributed by atoms with E-state index in [1.807, 2.05) is 12.1 Å². The van der Waals surface area contributed by atoms with E-state index in [1.165, 1.54) is 15.9 Å². The van der Waals surface area contributed by atoms with Gasteiger partial charge in [-0.25, -0.2) is 8.78 Å². The molecule has 2 saturated heterocycles. The van der Waals surface area contributed by atoms with Crippen molar-refractivity contribution in [1.29, 1.82) is 0 Å². The molecule has 2 heterocycles. The van der Waals surface area contributed by atoms with E-state index in [2.05, 4.69) is 4.90 Å². The molecular weight excluding hydrogens is 583 g/mol. The first-order valence-electron chi connectivity index (χ1n) is 13.4. The van der Waals surface area contributed by atoms with Crippen LogP contribution in [-0.2, 0) is 10.4 Å². The quantitative estimate of drug-likeness (QED) is 0.394. The molecular formula is C29H34Cl3F2N3O3. The zero-order valence-electron chi connectivity index (χ0n) is 22.6. The number of halogens is 5. The number of nitrogens with zero attached hydrogens (tertiary/aromatic N) is 3. The first kappa shape index (κ1) is 30.8. The number of likely N-dealkylation sites (tertiary alicyclic amines) is 1. The summed E-state index contributed by atoms with van der Waals surface area (Å²) in [6.07, 6.45) is 1.08. The summed E-state index contributed by atoms with van der Waals surface area (Å²) in [6, 6.07) is 9.23. The molecule has 2 aliphatic rings. The smallest absolute Gasteiger partial charge is 0.280 e. The van der Waals surface area contributed by atoms with E-state index < -0.39 is 17.9 Å². The SMILES string of the molecule is CN(C)C(=O)c1ccc(N2CCC(CC3CCN(C(=O)[C@](O)(c4cc(Cl)cc(Cl)c4)C(F)F)CC3)CC2)cc1Cl. The van der Waals surface area contributed by atoms with Crippen LogP contribution < -0.4 is 4.90 Å². The molecule has 0 saturated carbocycles. The van der Waals surface area contributed by atoms with Crippen LogP contribution in [0, 0.1) is 11.8 Å². The zero-order valence-corrected chi connectivity index (χ0v) is 24.8. The highest BCUT2D eigenvalue weighted by atomic mass is 35.5. The standard InChI is InChI=1S/C29H34Cl3F2N3O3/c1-35(2)26(38)24-4-3-23(17-25(24)32)36-9-5-18(6-10-36)13-19-7-11-37(12-8-19)28(39)29(40,27(33)34)20-14-21(30)16-22(31)15-20/h3-4,14-19,27,40H,5-13H2,1-2H3/t29-/m0/s1. The van der Waals surface area contributed by atoms with E-state index in [9.17, 15) is 23.5 Å². The van der Waals surface area contributed by atoms with Crippen LogP contribution in [0.3, 0.4) is 0 Å². The molecule has 0 radical (unpaired) electrons. The number of alkyl halides is 2. The summed E-state index contributed by atoms with van der Waals surface area (Å²) in [7, 11) is 3.39. The van der Waals surface area contributed by atoms with Gasteiger partial charge in [-0.3, -0.25) is 9.59 Å². The molecule has 2 amide bonds. The molecule has 0 unspecified atom stereocenters. The lowest BCUT2D eigenvalue weighted by atomic mass is 9.82. The molecule has 2 fully saturated rings. The highest BCUT2D eigenvalue weighted by Crippen LogP contribution is 2.37. The van der Waals surface area contributed by atoms with Gasteiger partial charge in [-0.2, -0.15) is 0 Å². The largest absolute Gasteiger partial charge is 0.371 e. The molecule has 0 bridgehead atoms. The monoisotopic (exact) mass is 615 g/mol. The van der Waals surface area contributed by atoms with Crippen molar-refractivity contribution in [3.63, 3.8) is 0 Å². The Bertz CT molecular complexity index is 1210. The van der Waals surface area contributed by atoms with Gasteiger partial charge in [-0.05, 0) is 80.3 Å². The number of amides is 2. The van der Waals surface area contributed by atoms with Gasteiger partial charge in [-0.15, -0.1) is 0 Å². The lowest BCUT2D eigenvalue weighted by Gasteiger charge is -2.39. The fourth-order valence-electron chi connectivity index (χ4n) is 5.74. The molecule has 218 valence electrons. The van der Waals surface area contributed by atoms with Crippen LogP contribution in [0.4, 0.5) is 14.5 Å². The second-order valence-electron chi connectivity index (χ2n) is 11.0. The lowest BCUT2D eigenvalue weighted by molar-refractivity contribution is -0.173. The van der Waals surface area contributed by atoms with Crippen LogP contribution in [0.2, 0.25) is 15.1 Å². The summed E-state index contributed by atoms with van der Waals surface area (Å²) < 4.78 is 28.2. The number of hydrogen-bond acceptors (Lipinski definition) is 4. The summed E-state index contributed by atoms with van der Waals surface area (Å²) in [5.74, 6) is -0.243. The van der Waals surface area contributed by atoms with Crippen molar-refractivity contribution in [3.05, 3.63) is 62.6 Å². The summed E-state index contributed by atoms with van der Waals surface area (Å²) in [5, 5.41) is 11.4. The third-order valence-electron chi connectivity index (χ3n) is 8.08. The molecule has 1 N–H and O–H groups in total. The number of benzene rings is 2.